The van der Waals surface area contributed by atoms with Crippen LogP contribution in [0.5, 0.6) is 17.2 Å². The monoisotopic (exact) mass is 333 g/mol. The third kappa shape index (κ3) is 4.42. The molecule has 0 unspecified atom stereocenters. The zero-order valence-corrected chi connectivity index (χ0v) is 14.2. The molecule has 0 amide bonds. The zero-order chi connectivity index (χ0) is 15.6. The molecule has 0 atom stereocenters. The number of rotatable bonds is 3. The van der Waals surface area contributed by atoms with Crippen molar-refractivity contribution in [1.82, 2.24) is 0 Å². The van der Waals surface area contributed by atoms with E-state index < -0.39 is 15.0 Å². The van der Waals surface area contributed by atoms with E-state index in [0.29, 0.717) is 0 Å². The van der Waals surface area contributed by atoms with E-state index in [9.17, 15) is 18.6 Å². The number of aromatic hydroxyl groups is 3. The van der Waals surface area contributed by atoms with Crippen molar-refractivity contribution in [2.75, 3.05) is 0 Å². The quantitative estimate of drug-likeness (QED) is 0.385. The number of nitrogens with zero attached hydrogens (tertiary/aromatic N) is 2. The van der Waals surface area contributed by atoms with Gasteiger partial charge in [-0.3, -0.25) is 4.55 Å². The van der Waals surface area contributed by atoms with Gasteiger partial charge in [0.2, 0.25) is 0 Å². The number of hydrogen-bond donors (Lipinski definition) is 4. The zero-order valence-electron chi connectivity index (χ0n) is 11.4. The van der Waals surface area contributed by atoms with E-state index in [-0.39, 0.29) is 58.2 Å². The average molecular weight is 333 g/mol. The third-order valence-electron chi connectivity index (χ3n) is 2.47. The number of hydrogen-bond acceptors (Lipinski definition) is 7. The predicted octanol–water partition coefficient (Wildman–Crippen LogP) is 2.08. The topological polar surface area (TPSA) is 140 Å². The standard InChI is InChI=1S/C12H10N2O6S.Na/c15-7-1-3-9(12(17)5-7)13-14-10-6-8(21(18,19)20)2-4-11(10)16;/h1-6,15-17H,(H,18,19,20);. The largest absolute Gasteiger partial charge is 0.508 e. The first-order valence-corrected chi connectivity index (χ1v) is 6.95. The molecule has 0 saturated carbocycles. The van der Waals surface area contributed by atoms with Gasteiger partial charge in [-0.2, -0.15) is 8.42 Å². The Kier molecular flexibility index (Phi) is 5.92. The van der Waals surface area contributed by atoms with Crippen LogP contribution < -0.4 is 0 Å². The van der Waals surface area contributed by atoms with E-state index >= 15 is 0 Å². The summed E-state index contributed by atoms with van der Waals surface area (Å²) < 4.78 is 30.9. The molecule has 8 nitrogen and oxygen atoms in total. The Balaban J connectivity index is 0.00000242. The first-order valence-electron chi connectivity index (χ1n) is 5.51. The Morgan fingerprint density at radius 2 is 1.45 bits per heavy atom. The Labute approximate surface area is 147 Å². The molecule has 10 heteroatoms. The molecule has 0 aliphatic carbocycles. The van der Waals surface area contributed by atoms with Crippen LogP contribution in [-0.4, -0.2) is 57.8 Å². The molecular formula is C12H10N2NaO6S. The molecule has 1 radical (unpaired) electrons. The minimum absolute atomic E-state index is 0. The predicted molar refractivity (Wildman–Crippen MR) is 77.6 cm³/mol. The molecule has 0 aromatic heterocycles. The SMILES string of the molecule is O=S(=O)(O)c1ccc(O)c(N=Nc2ccc(O)cc2O)c1.[Na]. The second-order valence-corrected chi connectivity index (χ2v) is 5.42. The number of phenolic OH excluding ortho intramolecular Hbond substituents is 3. The summed E-state index contributed by atoms with van der Waals surface area (Å²) in [6.45, 7) is 0. The number of azo groups is 1. The van der Waals surface area contributed by atoms with Gasteiger partial charge >= 0.3 is 0 Å². The van der Waals surface area contributed by atoms with E-state index in [1.165, 1.54) is 12.1 Å². The maximum absolute atomic E-state index is 11.0. The van der Waals surface area contributed by atoms with Crippen molar-refractivity contribution in [2.45, 2.75) is 4.90 Å². The molecule has 111 valence electrons. The summed E-state index contributed by atoms with van der Waals surface area (Å²) in [6.07, 6.45) is 0. The van der Waals surface area contributed by atoms with Gasteiger partial charge in [-0.1, -0.05) is 0 Å². The molecular weight excluding hydrogens is 323 g/mol. The van der Waals surface area contributed by atoms with Gasteiger partial charge in [0, 0.05) is 35.6 Å². The van der Waals surface area contributed by atoms with Crippen LogP contribution in [0.25, 0.3) is 0 Å². The maximum Gasteiger partial charge on any atom is 0.294 e. The van der Waals surface area contributed by atoms with Crippen LogP contribution in [0.2, 0.25) is 0 Å². The van der Waals surface area contributed by atoms with Crippen molar-refractivity contribution in [3.8, 4) is 17.2 Å². The Morgan fingerprint density at radius 3 is 2.05 bits per heavy atom. The van der Waals surface area contributed by atoms with Crippen molar-refractivity contribution in [3.63, 3.8) is 0 Å². The van der Waals surface area contributed by atoms with Gasteiger partial charge in [0.1, 0.15) is 28.6 Å². The van der Waals surface area contributed by atoms with Gasteiger partial charge in [0.25, 0.3) is 10.1 Å². The molecule has 0 heterocycles. The molecule has 2 aromatic carbocycles. The summed E-state index contributed by atoms with van der Waals surface area (Å²) in [5.41, 5.74) is -0.206. The molecule has 2 aromatic rings. The van der Waals surface area contributed by atoms with Gasteiger partial charge in [-0.25, -0.2) is 0 Å². The van der Waals surface area contributed by atoms with Crippen LogP contribution in [0.15, 0.2) is 51.5 Å². The first-order chi connectivity index (χ1) is 9.77. The molecule has 22 heavy (non-hydrogen) atoms. The summed E-state index contributed by atoms with van der Waals surface area (Å²) in [5, 5.41) is 35.4. The summed E-state index contributed by atoms with van der Waals surface area (Å²) in [5.74, 6) is -0.865. The Bertz CT molecular complexity index is 822. The van der Waals surface area contributed by atoms with Gasteiger partial charge in [-0.05, 0) is 30.3 Å². The molecule has 0 saturated heterocycles. The second kappa shape index (κ2) is 7.07. The summed E-state index contributed by atoms with van der Waals surface area (Å²) in [4.78, 5) is -0.454. The fourth-order valence-electron chi connectivity index (χ4n) is 1.45. The van der Waals surface area contributed by atoms with E-state index in [1.807, 2.05) is 0 Å². The summed E-state index contributed by atoms with van der Waals surface area (Å²) in [6, 6.07) is 6.55. The second-order valence-electron chi connectivity index (χ2n) is 4.00. The van der Waals surface area contributed by atoms with E-state index in [4.69, 9.17) is 9.66 Å². The number of phenols is 3. The van der Waals surface area contributed by atoms with Crippen molar-refractivity contribution in [3.05, 3.63) is 36.4 Å². The minimum atomic E-state index is -4.43. The smallest absolute Gasteiger partial charge is 0.294 e. The summed E-state index contributed by atoms with van der Waals surface area (Å²) in [7, 11) is -4.43. The van der Waals surface area contributed by atoms with E-state index in [1.54, 1.807) is 0 Å². The van der Waals surface area contributed by atoms with E-state index in [2.05, 4.69) is 10.2 Å². The molecule has 2 rings (SSSR count). The van der Waals surface area contributed by atoms with Crippen LogP contribution in [0.3, 0.4) is 0 Å². The van der Waals surface area contributed by atoms with Crippen LogP contribution in [0.1, 0.15) is 0 Å². The van der Waals surface area contributed by atoms with Crippen molar-refractivity contribution in [1.29, 1.82) is 0 Å². The summed E-state index contributed by atoms with van der Waals surface area (Å²) >= 11 is 0. The third-order valence-corrected chi connectivity index (χ3v) is 3.32. The van der Waals surface area contributed by atoms with E-state index in [0.717, 1.165) is 24.3 Å². The van der Waals surface area contributed by atoms with Gasteiger partial charge in [0.05, 0.1) is 4.90 Å². The van der Waals surface area contributed by atoms with Crippen LogP contribution in [0.4, 0.5) is 11.4 Å². The molecule has 0 bridgehead atoms. The average Bonchev–Trinajstić information content (AvgIpc) is 2.38. The van der Waals surface area contributed by atoms with Crippen molar-refractivity contribution >= 4 is 51.1 Å². The van der Waals surface area contributed by atoms with Crippen molar-refractivity contribution < 1.29 is 28.3 Å². The Hall–Kier alpha value is -1.65. The van der Waals surface area contributed by atoms with Gasteiger partial charge < -0.3 is 15.3 Å². The number of benzene rings is 2. The molecule has 0 aliphatic heterocycles. The first kappa shape index (κ1) is 18.4. The Morgan fingerprint density at radius 1 is 0.818 bits per heavy atom. The van der Waals surface area contributed by atoms with Crippen molar-refractivity contribution in [2.24, 2.45) is 10.2 Å². The maximum atomic E-state index is 11.0. The van der Waals surface area contributed by atoms with Crippen LogP contribution in [-0.2, 0) is 10.1 Å². The van der Waals surface area contributed by atoms with Gasteiger partial charge in [-0.15, -0.1) is 10.2 Å². The molecule has 0 fully saturated rings. The van der Waals surface area contributed by atoms with Gasteiger partial charge in [0.15, 0.2) is 0 Å². The molecule has 0 spiro atoms. The molecule has 4 N–H and O–H groups in total. The fraction of sp³-hybridized carbons (Fsp3) is 0. The van der Waals surface area contributed by atoms with Crippen LogP contribution in [0, 0.1) is 0 Å². The normalized spacial score (nSPS) is 11.3. The molecule has 0 aliphatic rings. The van der Waals surface area contributed by atoms with Crippen LogP contribution >= 0.6 is 0 Å². The fourth-order valence-corrected chi connectivity index (χ4v) is 1.95. The minimum Gasteiger partial charge on any atom is -0.508 e.